The van der Waals surface area contributed by atoms with E-state index in [9.17, 15) is 18.4 Å². The number of hydrogen-bond acceptors (Lipinski definition) is 5. The number of amides is 2. The second kappa shape index (κ2) is 8.34. The van der Waals surface area contributed by atoms with Crippen LogP contribution < -0.4 is 15.4 Å². The Morgan fingerprint density at radius 2 is 1.85 bits per heavy atom. The van der Waals surface area contributed by atoms with Crippen molar-refractivity contribution in [1.29, 1.82) is 0 Å². The minimum atomic E-state index is -0.881. The number of furan rings is 1. The maximum absolute atomic E-state index is 14.6. The molecule has 2 heterocycles. The first-order valence-electron chi connectivity index (χ1n) is 10.2. The van der Waals surface area contributed by atoms with Crippen LogP contribution in [0.5, 0.6) is 11.5 Å². The van der Waals surface area contributed by atoms with E-state index in [2.05, 4.69) is 15.6 Å². The summed E-state index contributed by atoms with van der Waals surface area (Å²) in [5.74, 6) is -2.49. The Labute approximate surface area is 186 Å². The topological polar surface area (TPSA) is 93.5 Å². The molecule has 0 aliphatic heterocycles. The van der Waals surface area contributed by atoms with E-state index < -0.39 is 17.5 Å². The smallest absolute Gasteiger partial charge is 0.255 e. The van der Waals surface area contributed by atoms with Crippen LogP contribution in [0.1, 0.15) is 23.2 Å². The van der Waals surface area contributed by atoms with Crippen LogP contribution in [0.2, 0.25) is 0 Å². The highest BCUT2D eigenvalue weighted by molar-refractivity contribution is 6.06. The van der Waals surface area contributed by atoms with Gasteiger partial charge in [0.1, 0.15) is 17.2 Å². The maximum Gasteiger partial charge on any atom is 0.255 e. The SMILES string of the molecule is O=C(Nc1cc(F)c(Oc2ccnc(NC(=O)C3CC3)c2)cc1F)c1ccc2ccoc2c1. The van der Waals surface area contributed by atoms with Gasteiger partial charge < -0.3 is 19.8 Å². The maximum atomic E-state index is 14.6. The fraction of sp³-hybridized carbons (Fsp3) is 0.125. The van der Waals surface area contributed by atoms with Gasteiger partial charge in [0.15, 0.2) is 17.4 Å². The molecule has 1 aliphatic carbocycles. The summed E-state index contributed by atoms with van der Waals surface area (Å²) in [6.45, 7) is 0. The van der Waals surface area contributed by atoms with Gasteiger partial charge in [-0.2, -0.15) is 0 Å². The first-order chi connectivity index (χ1) is 16.0. The Kier molecular flexibility index (Phi) is 5.21. The molecule has 0 bridgehead atoms. The molecule has 0 unspecified atom stereocenters. The number of fused-ring (bicyclic) bond motifs is 1. The van der Waals surface area contributed by atoms with Crippen LogP contribution in [-0.4, -0.2) is 16.8 Å². The van der Waals surface area contributed by atoms with Gasteiger partial charge in [0.25, 0.3) is 5.91 Å². The van der Waals surface area contributed by atoms with Crippen molar-refractivity contribution in [2.24, 2.45) is 5.92 Å². The normalized spacial score (nSPS) is 13.0. The molecule has 1 saturated carbocycles. The number of halogens is 2. The van der Waals surface area contributed by atoms with Crippen LogP contribution in [0.4, 0.5) is 20.3 Å². The summed E-state index contributed by atoms with van der Waals surface area (Å²) >= 11 is 0. The van der Waals surface area contributed by atoms with Crippen LogP contribution in [0, 0.1) is 17.6 Å². The van der Waals surface area contributed by atoms with Crippen LogP contribution in [0.3, 0.4) is 0 Å². The molecule has 0 saturated heterocycles. The molecule has 2 aromatic heterocycles. The minimum Gasteiger partial charge on any atom is -0.464 e. The summed E-state index contributed by atoms with van der Waals surface area (Å²) in [5.41, 5.74) is 0.398. The number of hydrogen-bond donors (Lipinski definition) is 2. The molecule has 0 atom stereocenters. The first-order valence-corrected chi connectivity index (χ1v) is 10.2. The van der Waals surface area contributed by atoms with Crippen molar-refractivity contribution in [3.05, 3.63) is 78.2 Å². The van der Waals surface area contributed by atoms with Gasteiger partial charge >= 0.3 is 0 Å². The van der Waals surface area contributed by atoms with Crippen molar-refractivity contribution in [3.8, 4) is 11.5 Å². The van der Waals surface area contributed by atoms with Crippen molar-refractivity contribution >= 4 is 34.3 Å². The summed E-state index contributed by atoms with van der Waals surface area (Å²) in [5, 5.41) is 5.83. The van der Waals surface area contributed by atoms with Gasteiger partial charge in [-0.1, -0.05) is 6.07 Å². The molecule has 2 amide bonds. The number of nitrogens with one attached hydrogen (secondary N) is 2. The Morgan fingerprint density at radius 1 is 1.00 bits per heavy atom. The number of nitrogens with zero attached hydrogens (tertiary/aromatic N) is 1. The summed E-state index contributed by atoms with van der Waals surface area (Å²) in [6, 6.07) is 11.0. The Balaban J connectivity index is 1.31. The molecule has 2 N–H and O–H groups in total. The van der Waals surface area contributed by atoms with Crippen LogP contribution in [-0.2, 0) is 4.79 Å². The average molecular weight is 449 g/mol. The van der Waals surface area contributed by atoms with Crippen LogP contribution in [0.25, 0.3) is 11.0 Å². The summed E-state index contributed by atoms with van der Waals surface area (Å²) < 4.78 is 39.9. The van der Waals surface area contributed by atoms with Crippen molar-refractivity contribution in [2.75, 3.05) is 10.6 Å². The largest absolute Gasteiger partial charge is 0.464 e. The molecular weight excluding hydrogens is 432 g/mol. The lowest BCUT2D eigenvalue weighted by Gasteiger charge is -2.12. The van der Waals surface area contributed by atoms with Gasteiger partial charge in [-0.05, 0) is 37.1 Å². The molecule has 7 nitrogen and oxygen atoms in total. The molecule has 4 aromatic rings. The van der Waals surface area contributed by atoms with E-state index in [1.807, 2.05) is 0 Å². The van der Waals surface area contributed by atoms with Crippen molar-refractivity contribution in [2.45, 2.75) is 12.8 Å². The van der Waals surface area contributed by atoms with E-state index in [0.29, 0.717) is 5.58 Å². The zero-order chi connectivity index (χ0) is 22.9. The third-order valence-electron chi connectivity index (χ3n) is 5.15. The number of benzene rings is 2. The van der Waals surface area contributed by atoms with Crippen LogP contribution >= 0.6 is 0 Å². The number of pyridine rings is 1. The van der Waals surface area contributed by atoms with E-state index in [1.165, 1.54) is 30.7 Å². The van der Waals surface area contributed by atoms with Gasteiger partial charge in [-0.15, -0.1) is 0 Å². The molecule has 9 heteroatoms. The standard InChI is InChI=1S/C24H17F2N3O4/c25-17-12-21(33-16-5-7-27-22(10-16)29-23(30)14-2-3-14)18(26)11-19(17)28-24(31)15-4-1-13-6-8-32-20(13)9-15/h1,4-12,14H,2-3H2,(H,28,31)(H,27,29,30). The number of carbonyl (C=O) groups excluding carboxylic acids is 2. The van der Waals surface area contributed by atoms with Gasteiger partial charge in [0, 0.05) is 41.3 Å². The molecule has 5 rings (SSSR count). The highest BCUT2D eigenvalue weighted by Crippen LogP contribution is 2.32. The predicted octanol–water partition coefficient (Wildman–Crippen LogP) is 5.50. The van der Waals surface area contributed by atoms with Gasteiger partial charge in [0.2, 0.25) is 5.91 Å². The molecular formula is C24H17F2N3O4. The number of anilines is 2. The molecule has 166 valence electrons. The van der Waals surface area contributed by atoms with Crippen molar-refractivity contribution < 1.29 is 27.5 Å². The fourth-order valence-corrected chi connectivity index (χ4v) is 3.24. The third-order valence-corrected chi connectivity index (χ3v) is 5.15. The molecule has 0 radical (unpaired) electrons. The third kappa shape index (κ3) is 4.52. The summed E-state index contributed by atoms with van der Waals surface area (Å²) in [4.78, 5) is 28.4. The van der Waals surface area contributed by atoms with Crippen molar-refractivity contribution in [3.63, 3.8) is 0 Å². The average Bonchev–Trinajstić information content (AvgIpc) is 3.55. The van der Waals surface area contributed by atoms with Crippen molar-refractivity contribution in [1.82, 2.24) is 4.98 Å². The highest BCUT2D eigenvalue weighted by atomic mass is 19.1. The lowest BCUT2D eigenvalue weighted by Crippen LogP contribution is -2.14. The number of rotatable bonds is 6. The fourth-order valence-electron chi connectivity index (χ4n) is 3.24. The molecule has 1 aliphatic rings. The molecule has 2 aromatic carbocycles. The van der Waals surface area contributed by atoms with Gasteiger partial charge in [-0.25, -0.2) is 13.8 Å². The Bertz CT molecular complexity index is 1380. The lowest BCUT2D eigenvalue weighted by molar-refractivity contribution is -0.117. The monoisotopic (exact) mass is 449 g/mol. The lowest BCUT2D eigenvalue weighted by atomic mass is 10.1. The molecule has 33 heavy (non-hydrogen) atoms. The van der Waals surface area contributed by atoms with Gasteiger partial charge in [0.05, 0.1) is 12.0 Å². The Hall–Kier alpha value is -4.27. The summed E-state index contributed by atoms with van der Waals surface area (Å²) in [7, 11) is 0. The second-order valence-corrected chi connectivity index (χ2v) is 7.63. The zero-order valence-electron chi connectivity index (χ0n) is 17.1. The van der Waals surface area contributed by atoms with E-state index >= 15 is 0 Å². The first kappa shape index (κ1) is 20.6. The second-order valence-electron chi connectivity index (χ2n) is 7.63. The van der Waals surface area contributed by atoms with E-state index in [-0.39, 0.29) is 40.4 Å². The number of aromatic nitrogens is 1. The quantitative estimate of drug-likeness (QED) is 0.406. The van der Waals surface area contributed by atoms with E-state index in [0.717, 1.165) is 30.4 Å². The number of carbonyl (C=O) groups is 2. The van der Waals surface area contributed by atoms with E-state index in [4.69, 9.17) is 9.15 Å². The predicted molar refractivity (Wildman–Crippen MR) is 116 cm³/mol. The zero-order valence-corrected chi connectivity index (χ0v) is 17.1. The molecule has 1 fully saturated rings. The summed E-state index contributed by atoms with van der Waals surface area (Å²) in [6.07, 6.45) is 4.56. The molecule has 0 spiro atoms. The van der Waals surface area contributed by atoms with E-state index in [1.54, 1.807) is 18.2 Å². The minimum absolute atomic E-state index is 0.00772. The van der Waals surface area contributed by atoms with Gasteiger partial charge in [-0.3, -0.25) is 9.59 Å². The Morgan fingerprint density at radius 3 is 2.67 bits per heavy atom. The van der Waals surface area contributed by atoms with Crippen LogP contribution in [0.15, 0.2) is 65.4 Å². The number of ether oxygens (including phenoxy) is 1. The highest BCUT2D eigenvalue weighted by Gasteiger charge is 2.29.